The van der Waals surface area contributed by atoms with Crippen LogP contribution in [0.3, 0.4) is 0 Å². The molecule has 0 saturated heterocycles. The van der Waals surface area contributed by atoms with E-state index in [0.717, 1.165) is 0 Å². The number of rotatable bonds is 7. The Morgan fingerprint density at radius 2 is 1.56 bits per heavy atom. The van der Waals surface area contributed by atoms with Crippen molar-refractivity contribution in [2.24, 2.45) is 0 Å². The van der Waals surface area contributed by atoms with E-state index in [2.05, 4.69) is 0 Å². The van der Waals surface area contributed by atoms with Gasteiger partial charge >= 0.3 is 0 Å². The van der Waals surface area contributed by atoms with Crippen LogP contribution < -0.4 is 0 Å². The zero-order valence-electron chi connectivity index (χ0n) is 13.5. The fraction of sp³-hybridized carbons (Fsp3) is 0.923. The fourth-order valence-corrected chi connectivity index (χ4v) is 2.42. The first-order valence-corrected chi connectivity index (χ1v) is 6.67. The Labute approximate surface area is 114 Å². The predicted octanol–water partition coefficient (Wildman–Crippen LogP) is 2.11. The Morgan fingerprint density at radius 3 is 1.89 bits per heavy atom. The third-order valence-corrected chi connectivity index (χ3v) is 2.63. The molecule has 0 aromatic carbocycles. The van der Waals surface area contributed by atoms with Gasteiger partial charge in [-0.25, -0.2) is 9.78 Å². The van der Waals surface area contributed by atoms with E-state index in [1.54, 1.807) is 0 Å². The topological polar surface area (TPSA) is 35.5 Å². The molecule has 0 aliphatic rings. The third-order valence-electron chi connectivity index (χ3n) is 2.63. The molecule has 0 bridgehead atoms. The molecule has 0 heterocycles. The van der Waals surface area contributed by atoms with Crippen LogP contribution in [-0.2, 0) is 14.6 Å². The molecule has 0 N–H and O–H groups in total. The summed E-state index contributed by atoms with van der Waals surface area (Å²) in [4.78, 5) is 23.0. The number of hydrogen-bond donors (Lipinski definition) is 0. The van der Waals surface area contributed by atoms with E-state index in [9.17, 15) is 4.79 Å². The van der Waals surface area contributed by atoms with Crippen LogP contribution in [0.15, 0.2) is 0 Å². The molecule has 0 aromatic rings. The quantitative estimate of drug-likeness (QED) is 0.396. The highest BCUT2D eigenvalue weighted by Crippen LogP contribution is 2.39. The SMILES string of the molecule is BC(C)(C)C(=O)C(C)(C)BC(C)(C)OOC(C)C. The standard InChI is InChI=1S/C13H28B2O3/c1-9(2)17-18-13(7,8)15-12(5,6)10(16)11(3,4)14/h9,15H,14H2,1-8H3. The van der Waals surface area contributed by atoms with Gasteiger partial charge in [-0.1, -0.05) is 27.7 Å². The molecule has 0 saturated carbocycles. The predicted molar refractivity (Wildman–Crippen MR) is 80.2 cm³/mol. The van der Waals surface area contributed by atoms with Crippen molar-refractivity contribution in [3.8, 4) is 0 Å². The monoisotopic (exact) mass is 254 g/mol. The first-order valence-electron chi connectivity index (χ1n) is 6.67. The Morgan fingerprint density at radius 1 is 1.11 bits per heavy atom. The molecule has 0 atom stereocenters. The summed E-state index contributed by atoms with van der Waals surface area (Å²) < 4.78 is 0. The van der Waals surface area contributed by atoms with Crippen molar-refractivity contribution in [1.29, 1.82) is 0 Å². The zero-order valence-corrected chi connectivity index (χ0v) is 13.5. The number of ketones is 1. The van der Waals surface area contributed by atoms with E-state index in [1.807, 2.05) is 63.2 Å². The summed E-state index contributed by atoms with van der Waals surface area (Å²) >= 11 is 0. The van der Waals surface area contributed by atoms with Gasteiger partial charge in [-0.15, -0.1) is 0 Å². The van der Waals surface area contributed by atoms with E-state index < -0.39 is 10.8 Å². The van der Waals surface area contributed by atoms with Gasteiger partial charge in [0.05, 0.1) is 11.6 Å². The van der Waals surface area contributed by atoms with E-state index in [-0.39, 0.29) is 17.2 Å². The van der Waals surface area contributed by atoms with Crippen molar-refractivity contribution in [2.75, 3.05) is 0 Å². The maximum atomic E-state index is 12.4. The lowest BCUT2D eigenvalue weighted by molar-refractivity contribution is -0.351. The maximum Gasteiger partial charge on any atom is 0.180 e. The minimum Gasteiger partial charge on any atom is -0.300 e. The Kier molecular flexibility index (Phi) is 5.70. The van der Waals surface area contributed by atoms with Crippen LogP contribution in [0.2, 0.25) is 10.6 Å². The minimum atomic E-state index is -0.478. The lowest BCUT2D eigenvalue weighted by Crippen LogP contribution is -2.44. The van der Waals surface area contributed by atoms with Gasteiger partial charge in [-0.3, -0.25) is 0 Å². The van der Waals surface area contributed by atoms with Crippen LogP contribution in [0.25, 0.3) is 0 Å². The molecule has 104 valence electrons. The Balaban J connectivity index is 4.70. The van der Waals surface area contributed by atoms with Crippen LogP contribution in [0.4, 0.5) is 0 Å². The second kappa shape index (κ2) is 5.79. The number of carbonyl (C=O) groups excluding carboxylic acids is 1. The molecule has 0 fully saturated rings. The van der Waals surface area contributed by atoms with Gasteiger partial charge in [0, 0.05) is 5.31 Å². The average molecular weight is 254 g/mol. The van der Waals surface area contributed by atoms with Crippen LogP contribution in [0.5, 0.6) is 0 Å². The maximum absolute atomic E-state index is 12.4. The number of hydrogen-bond acceptors (Lipinski definition) is 3. The molecular formula is C13H28B2O3. The van der Waals surface area contributed by atoms with Crippen molar-refractivity contribution in [2.45, 2.75) is 77.6 Å². The summed E-state index contributed by atoms with van der Waals surface area (Å²) in [6.45, 7) is 15.6. The average Bonchev–Trinajstić information content (AvgIpc) is 2.10. The summed E-state index contributed by atoms with van der Waals surface area (Å²) in [6.07, 6.45) is 0.0192. The highest BCUT2D eigenvalue weighted by molar-refractivity contribution is 6.52. The molecule has 0 rings (SSSR count). The molecule has 0 aliphatic heterocycles. The van der Waals surface area contributed by atoms with Gasteiger partial charge in [-0.05, 0) is 33.0 Å². The second-order valence-corrected chi connectivity index (χ2v) is 7.63. The Bertz CT molecular complexity index is 291. The molecule has 0 aliphatic carbocycles. The van der Waals surface area contributed by atoms with Crippen LogP contribution >= 0.6 is 0 Å². The fourth-order valence-electron chi connectivity index (χ4n) is 2.42. The highest BCUT2D eigenvalue weighted by Gasteiger charge is 2.41. The number of carbonyl (C=O) groups is 1. The van der Waals surface area contributed by atoms with Gasteiger partial charge in [-0.2, -0.15) is 0 Å². The molecular weight excluding hydrogens is 226 g/mol. The summed E-state index contributed by atoms with van der Waals surface area (Å²) in [6, 6.07) is 0. The zero-order chi connectivity index (χ0) is 14.8. The largest absolute Gasteiger partial charge is 0.300 e. The van der Waals surface area contributed by atoms with Gasteiger partial charge < -0.3 is 4.79 Å². The summed E-state index contributed by atoms with van der Waals surface area (Å²) in [5.74, 6) is 0.247. The summed E-state index contributed by atoms with van der Waals surface area (Å²) in [5, 5.41) is -0.763. The summed E-state index contributed by atoms with van der Waals surface area (Å²) in [7, 11) is 2.58. The molecule has 18 heavy (non-hydrogen) atoms. The van der Waals surface area contributed by atoms with Gasteiger partial charge in [0.25, 0.3) is 0 Å². The molecule has 0 spiro atoms. The highest BCUT2D eigenvalue weighted by atomic mass is 17.2. The minimum absolute atomic E-state index is 0.0192. The van der Waals surface area contributed by atoms with Gasteiger partial charge in [0.2, 0.25) is 0 Å². The molecule has 0 aromatic heterocycles. The van der Waals surface area contributed by atoms with Crippen LogP contribution in [-0.4, -0.2) is 32.5 Å². The van der Waals surface area contributed by atoms with Crippen molar-refractivity contribution in [3.05, 3.63) is 0 Å². The second-order valence-electron chi connectivity index (χ2n) is 7.63. The lowest BCUT2D eigenvalue weighted by Gasteiger charge is -2.35. The van der Waals surface area contributed by atoms with Crippen LogP contribution in [0, 0.1) is 0 Å². The lowest BCUT2D eigenvalue weighted by atomic mass is 9.41. The van der Waals surface area contributed by atoms with Gasteiger partial charge in [0.15, 0.2) is 7.28 Å². The molecule has 0 radical (unpaired) electrons. The first kappa shape index (κ1) is 17.7. The third kappa shape index (κ3) is 6.05. The van der Waals surface area contributed by atoms with E-state index in [0.29, 0.717) is 7.28 Å². The smallest absolute Gasteiger partial charge is 0.180 e. The number of Topliss-reactive ketones (excluding diaryl/α,β-unsaturated/α-hetero) is 1. The normalized spacial score (nSPS) is 13.8. The molecule has 5 heteroatoms. The van der Waals surface area contributed by atoms with Gasteiger partial charge in [0.1, 0.15) is 13.6 Å². The van der Waals surface area contributed by atoms with E-state index in [1.165, 1.54) is 0 Å². The first-order chi connectivity index (χ1) is 7.78. The molecule has 0 amide bonds. The Hall–Kier alpha value is -0.280. The van der Waals surface area contributed by atoms with E-state index >= 15 is 0 Å². The summed E-state index contributed by atoms with van der Waals surface area (Å²) in [5.41, 5.74) is -0.478. The van der Waals surface area contributed by atoms with Crippen LogP contribution in [0.1, 0.15) is 55.4 Å². The molecule has 3 nitrogen and oxygen atoms in total. The van der Waals surface area contributed by atoms with Crippen molar-refractivity contribution in [3.63, 3.8) is 0 Å². The van der Waals surface area contributed by atoms with Crippen molar-refractivity contribution < 1.29 is 14.6 Å². The molecule has 0 unspecified atom stereocenters. The van der Waals surface area contributed by atoms with Crippen molar-refractivity contribution in [1.82, 2.24) is 0 Å². The van der Waals surface area contributed by atoms with E-state index in [4.69, 9.17) is 9.78 Å². The van der Waals surface area contributed by atoms with Crippen molar-refractivity contribution >= 4 is 20.9 Å².